The average molecular weight is 392 g/mol. The molecule has 3 rings (SSSR count). The van der Waals surface area contributed by atoms with Crippen LogP contribution in [0.4, 0.5) is 17.1 Å². The minimum Gasteiger partial charge on any atom is -0.506 e. The van der Waals surface area contributed by atoms with Crippen LogP contribution in [-0.4, -0.2) is 22.6 Å². The minimum absolute atomic E-state index is 0.0484. The van der Waals surface area contributed by atoms with Crippen molar-refractivity contribution in [3.05, 3.63) is 81.9 Å². The second kappa shape index (κ2) is 8.43. The molecule has 0 aliphatic rings. The van der Waals surface area contributed by atoms with Gasteiger partial charge in [-0.1, -0.05) is 18.2 Å². The molecule has 7 heteroatoms. The number of hydrogen-bond acceptors (Lipinski definition) is 6. The predicted octanol–water partition coefficient (Wildman–Crippen LogP) is 5.20. The maximum absolute atomic E-state index is 12.7. The maximum Gasteiger partial charge on any atom is 0.339 e. The fraction of sp³-hybridized carbons (Fsp3) is 0.136. The van der Waals surface area contributed by atoms with Crippen molar-refractivity contribution < 1.29 is 19.6 Å². The fourth-order valence-electron chi connectivity index (χ4n) is 3.08. The molecule has 0 spiro atoms. The van der Waals surface area contributed by atoms with E-state index in [0.29, 0.717) is 22.4 Å². The summed E-state index contributed by atoms with van der Waals surface area (Å²) >= 11 is 0. The number of non-ortho nitro benzene ring substituents is 1. The van der Waals surface area contributed by atoms with Crippen molar-refractivity contribution in [2.45, 2.75) is 13.8 Å². The zero-order valence-corrected chi connectivity index (χ0v) is 16.0. The summed E-state index contributed by atoms with van der Waals surface area (Å²) in [6.07, 6.45) is 0. The van der Waals surface area contributed by atoms with E-state index in [-0.39, 0.29) is 23.6 Å². The Balaban J connectivity index is 2.15. The maximum atomic E-state index is 12.7. The molecule has 0 bridgehead atoms. The van der Waals surface area contributed by atoms with Crippen LogP contribution in [-0.2, 0) is 4.74 Å². The lowest BCUT2D eigenvalue weighted by Crippen LogP contribution is -2.10. The van der Waals surface area contributed by atoms with Gasteiger partial charge in [-0.25, -0.2) is 4.79 Å². The number of aromatic hydroxyl groups is 1. The third kappa shape index (κ3) is 4.19. The molecule has 0 unspecified atom stereocenters. The van der Waals surface area contributed by atoms with Crippen LogP contribution in [0.1, 0.15) is 22.8 Å². The Kier molecular flexibility index (Phi) is 5.78. The number of para-hydroxylation sites is 1. The predicted molar refractivity (Wildman–Crippen MR) is 111 cm³/mol. The van der Waals surface area contributed by atoms with Crippen molar-refractivity contribution in [3.8, 4) is 16.9 Å². The first-order valence-electron chi connectivity index (χ1n) is 9.03. The number of rotatable bonds is 6. The van der Waals surface area contributed by atoms with Crippen molar-refractivity contribution in [1.29, 1.82) is 0 Å². The number of nitro groups is 1. The topological polar surface area (TPSA) is 102 Å². The van der Waals surface area contributed by atoms with Gasteiger partial charge in [0.15, 0.2) is 0 Å². The van der Waals surface area contributed by atoms with E-state index in [0.717, 1.165) is 5.69 Å². The highest BCUT2D eigenvalue weighted by atomic mass is 16.6. The lowest BCUT2D eigenvalue weighted by atomic mass is 9.93. The molecule has 29 heavy (non-hydrogen) atoms. The Hall–Kier alpha value is -3.87. The summed E-state index contributed by atoms with van der Waals surface area (Å²) in [4.78, 5) is 23.1. The van der Waals surface area contributed by atoms with Crippen LogP contribution in [0.2, 0.25) is 0 Å². The summed E-state index contributed by atoms with van der Waals surface area (Å²) in [5, 5.41) is 24.7. The molecule has 0 saturated carbocycles. The van der Waals surface area contributed by atoms with Gasteiger partial charge in [-0.15, -0.1) is 0 Å². The molecule has 3 aromatic carbocycles. The van der Waals surface area contributed by atoms with E-state index < -0.39 is 10.9 Å². The van der Waals surface area contributed by atoms with Gasteiger partial charge in [0.25, 0.3) is 5.69 Å². The van der Waals surface area contributed by atoms with E-state index in [9.17, 15) is 20.0 Å². The third-order valence-corrected chi connectivity index (χ3v) is 4.47. The highest BCUT2D eigenvalue weighted by Gasteiger charge is 2.23. The molecule has 2 N–H and O–H groups in total. The summed E-state index contributed by atoms with van der Waals surface area (Å²) in [6.45, 7) is 3.62. The molecule has 148 valence electrons. The van der Waals surface area contributed by atoms with Gasteiger partial charge in [0, 0.05) is 23.4 Å². The van der Waals surface area contributed by atoms with Crippen molar-refractivity contribution >= 4 is 23.0 Å². The zero-order chi connectivity index (χ0) is 21.0. The van der Waals surface area contributed by atoms with E-state index in [1.54, 1.807) is 26.0 Å². The van der Waals surface area contributed by atoms with Crippen LogP contribution < -0.4 is 5.32 Å². The Bertz CT molecular complexity index is 1050. The van der Waals surface area contributed by atoms with Gasteiger partial charge in [-0.3, -0.25) is 10.1 Å². The second-order valence-corrected chi connectivity index (χ2v) is 6.33. The van der Waals surface area contributed by atoms with Crippen LogP contribution in [0.5, 0.6) is 5.75 Å². The molecule has 0 heterocycles. The molecule has 3 aromatic rings. The van der Waals surface area contributed by atoms with E-state index in [1.807, 2.05) is 30.3 Å². The Morgan fingerprint density at radius 1 is 1.14 bits per heavy atom. The van der Waals surface area contributed by atoms with E-state index in [1.165, 1.54) is 18.2 Å². The molecule has 0 aliphatic heterocycles. The number of anilines is 2. The van der Waals surface area contributed by atoms with Crippen LogP contribution in [0.3, 0.4) is 0 Å². The summed E-state index contributed by atoms with van der Waals surface area (Å²) < 4.78 is 5.22. The van der Waals surface area contributed by atoms with E-state index in [2.05, 4.69) is 5.32 Å². The molecule has 0 aromatic heterocycles. The van der Waals surface area contributed by atoms with E-state index in [4.69, 9.17) is 4.74 Å². The summed E-state index contributed by atoms with van der Waals surface area (Å²) in [5.74, 6) is -0.581. The zero-order valence-electron chi connectivity index (χ0n) is 16.0. The monoisotopic (exact) mass is 392 g/mol. The molecule has 0 atom stereocenters. The fourth-order valence-corrected chi connectivity index (χ4v) is 3.08. The number of esters is 1. The van der Waals surface area contributed by atoms with Gasteiger partial charge in [0.2, 0.25) is 0 Å². The highest BCUT2D eigenvalue weighted by molar-refractivity contribution is 6.02. The van der Waals surface area contributed by atoms with Gasteiger partial charge in [-0.05, 0) is 55.3 Å². The lowest BCUT2D eigenvalue weighted by molar-refractivity contribution is -0.384. The Morgan fingerprint density at radius 3 is 2.38 bits per heavy atom. The number of nitro benzene ring substituents is 1. The number of phenolic OH excluding ortho intramolecular Hbond substituents is 1. The number of nitrogens with one attached hydrogen (secondary N) is 1. The van der Waals surface area contributed by atoms with Gasteiger partial charge >= 0.3 is 5.97 Å². The van der Waals surface area contributed by atoms with Crippen molar-refractivity contribution in [2.75, 3.05) is 11.9 Å². The average Bonchev–Trinajstić information content (AvgIpc) is 2.71. The van der Waals surface area contributed by atoms with Crippen molar-refractivity contribution in [1.82, 2.24) is 0 Å². The van der Waals surface area contributed by atoms with Gasteiger partial charge in [0.1, 0.15) is 5.75 Å². The largest absolute Gasteiger partial charge is 0.506 e. The number of phenols is 1. The van der Waals surface area contributed by atoms with Gasteiger partial charge < -0.3 is 15.2 Å². The first kappa shape index (κ1) is 19.9. The first-order chi connectivity index (χ1) is 13.9. The number of carbonyl (C=O) groups is 1. The SMILES string of the molecule is CCOC(=O)c1c(-c2ccc([N+](=O)[O-])cc2)cc(O)c(Nc2ccccc2)c1C. The first-order valence-corrected chi connectivity index (χ1v) is 9.03. The van der Waals surface area contributed by atoms with E-state index >= 15 is 0 Å². The number of ether oxygens (including phenoxy) is 1. The van der Waals surface area contributed by atoms with Gasteiger partial charge in [0.05, 0.1) is 22.8 Å². The Labute approximate surface area is 167 Å². The van der Waals surface area contributed by atoms with Crippen LogP contribution >= 0.6 is 0 Å². The van der Waals surface area contributed by atoms with Crippen molar-refractivity contribution in [2.24, 2.45) is 0 Å². The number of hydrogen-bond donors (Lipinski definition) is 2. The number of nitrogens with zero attached hydrogens (tertiary/aromatic N) is 1. The molecule has 0 fully saturated rings. The summed E-state index contributed by atoms with van der Waals surface area (Å²) in [6, 6.07) is 16.5. The molecular formula is C22H20N2O5. The second-order valence-electron chi connectivity index (χ2n) is 6.33. The summed E-state index contributed by atoms with van der Waals surface area (Å²) in [5.41, 5.74) is 2.89. The third-order valence-electron chi connectivity index (χ3n) is 4.47. The summed E-state index contributed by atoms with van der Waals surface area (Å²) in [7, 11) is 0. The minimum atomic E-state index is -0.533. The van der Waals surface area contributed by atoms with Crippen molar-refractivity contribution in [3.63, 3.8) is 0 Å². The Morgan fingerprint density at radius 2 is 1.79 bits per heavy atom. The molecule has 0 radical (unpaired) electrons. The van der Waals surface area contributed by atoms with Gasteiger partial charge in [-0.2, -0.15) is 0 Å². The smallest absolute Gasteiger partial charge is 0.339 e. The standard InChI is InChI=1S/C22H20N2O5/c1-3-29-22(26)20-14(2)21(23-16-7-5-4-6-8-16)19(25)13-18(20)15-9-11-17(12-10-15)24(27)28/h4-13,23,25H,3H2,1-2H3. The quantitative estimate of drug-likeness (QED) is 0.259. The lowest BCUT2D eigenvalue weighted by Gasteiger charge is -2.18. The van der Waals surface area contributed by atoms with Crippen LogP contribution in [0.15, 0.2) is 60.7 Å². The molecular weight excluding hydrogens is 372 g/mol. The normalized spacial score (nSPS) is 10.4. The molecule has 0 aliphatic carbocycles. The van der Waals surface area contributed by atoms with Crippen LogP contribution in [0.25, 0.3) is 11.1 Å². The molecule has 0 amide bonds. The van der Waals surface area contributed by atoms with Crippen LogP contribution in [0, 0.1) is 17.0 Å². The molecule has 0 saturated heterocycles. The highest BCUT2D eigenvalue weighted by Crippen LogP contribution is 2.39. The number of benzene rings is 3. The molecule has 7 nitrogen and oxygen atoms in total. The number of carbonyl (C=O) groups excluding carboxylic acids is 1.